The van der Waals surface area contributed by atoms with Crippen molar-refractivity contribution in [3.63, 3.8) is 0 Å². The van der Waals surface area contributed by atoms with Crippen LogP contribution in [0.1, 0.15) is 27.2 Å². The van der Waals surface area contributed by atoms with Crippen molar-refractivity contribution >= 4 is 40.1 Å². The average molecular weight is 493 g/mol. The molecule has 3 aromatic heterocycles. The van der Waals surface area contributed by atoms with E-state index in [4.69, 9.17) is 14.6 Å². The van der Waals surface area contributed by atoms with Crippen molar-refractivity contribution < 1.29 is 19.4 Å². The third-order valence-corrected chi connectivity index (χ3v) is 6.95. The Hall–Kier alpha value is -3.76. The highest BCUT2D eigenvalue weighted by Crippen LogP contribution is 2.33. The number of carboxylic acid groups (broad SMARTS) is 1. The van der Waals surface area contributed by atoms with Gasteiger partial charge in [-0.05, 0) is 41.3 Å². The van der Waals surface area contributed by atoms with Crippen molar-refractivity contribution in [2.75, 3.05) is 14.2 Å². The monoisotopic (exact) mass is 492 g/mol. The van der Waals surface area contributed by atoms with Gasteiger partial charge >= 0.3 is 5.97 Å². The summed E-state index contributed by atoms with van der Waals surface area (Å²) in [6, 6.07) is 15.2. The van der Waals surface area contributed by atoms with Crippen LogP contribution in [0.2, 0.25) is 0 Å². The summed E-state index contributed by atoms with van der Waals surface area (Å²) in [6.45, 7) is 0.238. The topological polar surface area (TPSA) is 99.4 Å². The molecule has 5 aromatic rings. The van der Waals surface area contributed by atoms with Gasteiger partial charge < -0.3 is 14.6 Å². The van der Waals surface area contributed by atoms with E-state index in [1.165, 1.54) is 11.3 Å². The highest BCUT2D eigenvalue weighted by atomic mass is 32.1. The van der Waals surface area contributed by atoms with Crippen LogP contribution in [0.5, 0.6) is 11.5 Å². The highest BCUT2D eigenvalue weighted by molar-refractivity contribution is 7.13. The SMILES string of the molecule is COc1ccc(Cn2nc(-c3cccs3)c(Cc3ccc4nsnc4c3)c2C(=O)O)c(OC)c1. The lowest BCUT2D eigenvalue weighted by Gasteiger charge is -2.12. The quantitative estimate of drug-likeness (QED) is 0.326. The van der Waals surface area contributed by atoms with Gasteiger partial charge in [-0.3, -0.25) is 4.68 Å². The van der Waals surface area contributed by atoms with Crippen LogP contribution in [0.15, 0.2) is 53.9 Å². The fourth-order valence-corrected chi connectivity index (χ4v) is 5.17. The molecule has 0 amide bonds. The third kappa shape index (κ3) is 4.13. The van der Waals surface area contributed by atoms with Gasteiger partial charge in [-0.1, -0.05) is 12.1 Å². The van der Waals surface area contributed by atoms with Crippen LogP contribution in [0, 0.1) is 0 Å². The molecule has 5 rings (SSSR count). The number of thiophene rings is 1. The molecule has 0 bridgehead atoms. The van der Waals surface area contributed by atoms with Gasteiger partial charge in [0.2, 0.25) is 0 Å². The van der Waals surface area contributed by atoms with Crippen LogP contribution in [0.3, 0.4) is 0 Å². The molecule has 0 aliphatic carbocycles. The zero-order chi connectivity index (χ0) is 23.7. The minimum Gasteiger partial charge on any atom is -0.497 e. The van der Waals surface area contributed by atoms with Crippen LogP contribution in [-0.2, 0) is 13.0 Å². The van der Waals surface area contributed by atoms with Gasteiger partial charge in [0.05, 0.1) is 37.4 Å². The standard InChI is InChI=1S/C24H20N4O4S2/c1-31-16-7-6-15(20(12-16)32-2)13-28-23(24(29)30)17(22(25-28)21-4-3-9-33-21)10-14-5-8-18-19(11-14)27-34-26-18/h3-9,11-12H,10,13H2,1-2H3,(H,29,30). The summed E-state index contributed by atoms with van der Waals surface area (Å²) < 4.78 is 20.9. The molecular weight excluding hydrogens is 472 g/mol. The minimum atomic E-state index is -1.03. The zero-order valence-electron chi connectivity index (χ0n) is 18.4. The fraction of sp³-hybridized carbons (Fsp3) is 0.167. The number of methoxy groups -OCH3 is 2. The van der Waals surface area contributed by atoms with Gasteiger partial charge in [-0.25, -0.2) is 4.79 Å². The summed E-state index contributed by atoms with van der Waals surface area (Å²) in [5, 5.41) is 17.0. The summed E-state index contributed by atoms with van der Waals surface area (Å²) in [7, 11) is 3.16. The van der Waals surface area contributed by atoms with Crippen LogP contribution in [0.4, 0.5) is 0 Å². The van der Waals surface area contributed by atoms with Crippen molar-refractivity contribution in [3.05, 3.63) is 76.3 Å². The minimum absolute atomic E-state index is 0.151. The fourth-order valence-electron chi connectivity index (χ4n) is 3.92. The van der Waals surface area contributed by atoms with E-state index < -0.39 is 5.97 Å². The number of ether oxygens (including phenoxy) is 2. The molecule has 0 saturated carbocycles. The van der Waals surface area contributed by atoms with E-state index in [2.05, 4.69) is 8.75 Å². The van der Waals surface area contributed by atoms with Gasteiger partial charge in [0.15, 0.2) is 5.69 Å². The first-order valence-corrected chi connectivity index (χ1v) is 12.0. The molecule has 0 spiro atoms. The Kier molecular flexibility index (Phi) is 5.99. The summed E-state index contributed by atoms with van der Waals surface area (Å²) in [5.74, 6) is 0.229. The maximum Gasteiger partial charge on any atom is 0.354 e. The van der Waals surface area contributed by atoms with Crippen molar-refractivity contribution in [2.24, 2.45) is 0 Å². The van der Waals surface area contributed by atoms with Crippen LogP contribution in [-0.4, -0.2) is 43.8 Å². The molecule has 10 heteroatoms. The molecule has 0 aliphatic heterocycles. The second-order valence-corrected chi connectivity index (χ2v) is 9.03. The van der Waals surface area contributed by atoms with E-state index in [9.17, 15) is 9.90 Å². The van der Waals surface area contributed by atoms with Gasteiger partial charge in [0, 0.05) is 23.6 Å². The normalized spacial score (nSPS) is 11.1. The van der Waals surface area contributed by atoms with Crippen LogP contribution < -0.4 is 9.47 Å². The van der Waals surface area contributed by atoms with Crippen LogP contribution in [0.25, 0.3) is 21.6 Å². The van der Waals surface area contributed by atoms with E-state index >= 15 is 0 Å². The number of hydrogen-bond acceptors (Lipinski definition) is 8. The Morgan fingerprint density at radius 2 is 1.91 bits per heavy atom. The molecule has 0 radical (unpaired) electrons. The molecule has 0 aliphatic rings. The Labute approximate surface area is 203 Å². The number of carbonyl (C=O) groups is 1. The Balaban J connectivity index is 1.62. The number of fused-ring (bicyclic) bond motifs is 1. The summed E-state index contributed by atoms with van der Waals surface area (Å²) in [4.78, 5) is 13.4. The molecule has 0 atom stereocenters. The first-order chi connectivity index (χ1) is 16.6. The summed E-state index contributed by atoms with van der Waals surface area (Å²) >= 11 is 2.69. The van der Waals surface area contributed by atoms with Gasteiger partial charge in [-0.15, -0.1) is 11.3 Å². The molecule has 34 heavy (non-hydrogen) atoms. The second kappa shape index (κ2) is 9.24. The van der Waals surface area contributed by atoms with Gasteiger partial charge in [0.25, 0.3) is 0 Å². The van der Waals surface area contributed by atoms with Gasteiger partial charge in [-0.2, -0.15) is 13.8 Å². The first kappa shape index (κ1) is 22.1. The molecule has 0 saturated heterocycles. The maximum absolute atomic E-state index is 12.5. The molecule has 172 valence electrons. The molecular formula is C24H20N4O4S2. The first-order valence-electron chi connectivity index (χ1n) is 10.4. The average Bonchev–Trinajstić information content (AvgIpc) is 3.59. The number of rotatable bonds is 8. The van der Waals surface area contributed by atoms with Crippen molar-refractivity contribution in [2.45, 2.75) is 13.0 Å². The lowest BCUT2D eigenvalue weighted by atomic mass is 10.0. The molecule has 3 heterocycles. The van der Waals surface area contributed by atoms with E-state index in [0.717, 1.165) is 38.8 Å². The smallest absolute Gasteiger partial charge is 0.354 e. The zero-order valence-corrected chi connectivity index (χ0v) is 20.0. The Morgan fingerprint density at radius 1 is 1.06 bits per heavy atom. The maximum atomic E-state index is 12.5. The van der Waals surface area contributed by atoms with Crippen molar-refractivity contribution in [1.82, 2.24) is 18.5 Å². The molecule has 0 unspecified atom stereocenters. The molecule has 2 aromatic carbocycles. The predicted molar refractivity (Wildman–Crippen MR) is 131 cm³/mol. The number of aromatic nitrogens is 4. The summed E-state index contributed by atoms with van der Waals surface area (Å²) in [6.07, 6.45) is 0.405. The van der Waals surface area contributed by atoms with Crippen molar-refractivity contribution in [3.8, 4) is 22.1 Å². The molecule has 1 N–H and O–H groups in total. The lowest BCUT2D eigenvalue weighted by Crippen LogP contribution is -2.13. The molecule has 8 nitrogen and oxygen atoms in total. The largest absolute Gasteiger partial charge is 0.497 e. The Bertz CT molecular complexity index is 1470. The highest BCUT2D eigenvalue weighted by Gasteiger charge is 2.25. The van der Waals surface area contributed by atoms with E-state index in [0.29, 0.717) is 29.2 Å². The second-order valence-electron chi connectivity index (χ2n) is 7.56. The van der Waals surface area contributed by atoms with Gasteiger partial charge in [0.1, 0.15) is 28.2 Å². The lowest BCUT2D eigenvalue weighted by molar-refractivity contribution is 0.0682. The van der Waals surface area contributed by atoms with Crippen molar-refractivity contribution in [1.29, 1.82) is 0 Å². The Morgan fingerprint density at radius 3 is 2.65 bits per heavy atom. The van der Waals surface area contributed by atoms with E-state index in [1.54, 1.807) is 25.0 Å². The number of aromatic carboxylic acids is 1. The third-order valence-electron chi connectivity index (χ3n) is 5.52. The summed E-state index contributed by atoms with van der Waals surface area (Å²) in [5.41, 5.74) is 4.84. The van der Waals surface area contributed by atoms with Crippen LogP contribution >= 0.6 is 23.1 Å². The number of nitrogens with zero attached hydrogens (tertiary/aromatic N) is 4. The number of carboxylic acids is 1. The van der Waals surface area contributed by atoms with E-state index in [1.807, 2.05) is 47.8 Å². The number of hydrogen-bond donors (Lipinski definition) is 1. The van der Waals surface area contributed by atoms with E-state index in [-0.39, 0.29) is 12.2 Å². The predicted octanol–water partition coefficient (Wildman–Crippen LogP) is 4.97. The number of benzene rings is 2. The molecule has 0 fully saturated rings.